The van der Waals surface area contributed by atoms with Crippen LogP contribution in [0.3, 0.4) is 0 Å². The summed E-state index contributed by atoms with van der Waals surface area (Å²) in [5.41, 5.74) is 2.27. The topological polar surface area (TPSA) is 39.1 Å². The predicted octanol–water partition coefficient (Wildman–Crippen LogP) is 2.14. The number of aryl methyl sites for hydroxylation is 1. The normalized spacial score (nSPS) is 13.1. The van der Waals surface area contributed by atoms with Crippen molar-refractivity contribution in [1.82, 2.24) is 14.9 Å². The van der Waals surface area contributed by atoms with E-state index >= 15 is 0 Å². The standard InChI is InChI=1S/C14H21N3O/c1-11(10-15-8-9-18-3)17-12(2)16-13-6-4-5-7-14(13)17/h4-7,11,15H,8-10H2,1-3H3. The molecule has 0 radical (unpaired) electrons. The SMILES string of the molecule is COCCNCC(C)n1c(C)nc2ccccc21. The molecule has 1 heterocycles. The van der Waals surface area contributed by atoms with Crippen molar-refractivity contribution < 1.29 is 4.74 Å². The van der Waals surface area contributed by atoms with E-state index in [2.05, 4.69) is 46.9 Å². The number of fused-ring (bicyclic) bond motifs is 1. The van der Waals surface area contributed by atoms with Crippen LogP contribution in [0.25, 0.3) is 11.0 Å². The third-order valence-corrected chi connectivity index (χ3v) is 3.14. The molecular weight excluding hydrogens is 226 g/mol. The number of hydrogen-bond acceptors (Lipinski definition) is 3. The Hall–Kier alpha value is -1.39. The number of imidazole rings is 1. The van der Waals surface area contributed by atoms with Gasteiger partial charge in [0.15, 0.2) is 0 Å². The van der Waals surface area contributed by atoms with E-state index in [1.54, 1.807) is 7.11 Å². The molecule has 1 aromatic heterocycles. The maximum absolute atomic E-state index is 5.03. The second-order valence-electron chi connectivity index (χ2n) is 4.56. The average molecular weight is 247 g/mol. The molecule has 18 heavy (non-hydrogen) atoms. The van der Waals surface area contributed by atoms with Gasteiger partial charge in [-0.15, -0.1) is 0 Å². The van der Waals surface area contributed by atoms with E-state index in [0.717, 1.165) is 31.0 Å². The summed E-state index contributed by atoms with van der Waals surface area (Å²) in [4.78, 5) is 4.59. The second kappa shape index (κ2) is 5.98. The molecule has 1 aromatic carbocycles. The fourth-order valence-electron chi connectivity index (χ4n) is 2.30. The van der Waals surface area contributed by atoms with Crippen molar-refractivity contribution >= 4 is 11.0 Å². The van der Waals surface area contributed by atoms with Gasteiger partial charge in [-0.1, -0.05) is 12.1 Å². The van der Waals surface area contributed by atoms with Gasteiger partial charge in [0.25, 0.3) is 0 Å². The molecule has 0 saturated carbocycles. The van der Waals surface area contributed by atoms with Crippen molar-refractivity contribution in [2.75, 3.05) is 26.8 Å². The minimum Gasteiger partial charge on any atom is -0.383 e. The van der Waals surface area contributed by atoms with Crippen LogP contribution in [0.1, 0.15) is 18.8 Å². The number of methoxy groups -OCH3 is 1. The zero-order valence-corrected chi connectivity index (χ0v) is 11.3. The molecule has 98 valence electrons. The molecule has 0 spiro atoms. The first-order valence-electron chi connectivity index (χ1n) is 6.37. The highest BCUT2D eigenvalue weighted by molar-refractivity contribution is 5.76. The molecule has 1 N–H and O–H groups in total. The van der Waals surface area contributed by atoms with Gasteiger partial charge in [-0.05, 0) is 26.0 Å². The van der Waals surface area contributed by atoms with Gasteiger partial charge in [0, 0.05) is 26.2 Å². The molecule has 2 aromatic rings. The van der Waals surface area contributed by atoms with Crippen molar-refractivity contribution in [2.24, 2.45) is 0 Å². The summed E-state index contributed by atoms with van der Waals surface area (Å²) in [6.45, 7) is 6.82. The first-order valence-corrected chi connectivity index (χ1v) is 6.37. The number of nitrogens with one attached hydrogen (secondary N) is 1. The molecule has 1 atom stereocenters. The Bertz CT molecular complexity index is 507. The zero-order valence-electron chi connectivity index (χ0n) is 11.3. The molecule has 0 aliphatic carbocycles. The highest BCUT2D eigenvalue weighted by Crippen LogP contribution is 2.20. The van der Waals surface area contributed by atoms with Crippen molar-refractivity contribution in [3.63, 3.8) is 0 Å². The quantitative estimate of drug-likeness (QED) is 0.795. The van der Waals surface area contributed by atoms with E-state index in [4.69, 9.17) is 4.74 Å². The Morgan fingerprint density at radius 2 is 2.17 bits per heavy atom. The smallest absolute Gasteiger partial charge is 0.107 e. The van der Waals surface area contributed by atoms with Gasteiger partial charge in [-0.25, -0.2) is 4.98 Å². The second-order valence-corrected chi connectivity index (χ2v) is 4.56. The van der Waals surface area contributed by atoms with Crippen LogP contribution >= 0.6 is 0 Å². The minimum absolute atomic E-state index is 0.384. The van der Waals surface area contributed by atoms with Crippen LogP contribution in [0, 0.1) is 6.92 Å². The number of aromatic nitrogens is 2. The van der Waals surface area contributed by atoms with Crippen molar-refractivity contribution in [1.29, 1.82) is 0 Å². The highest BCUT2D eigenvalue weighted by Gasteiger charge is 2.12. The summed E-state index contributed by atoms with van der Waals surface area (Å²) in [7, 11) is 1.72. The fraction of sp³-hybridized carbons (Fsp3) is 0.500. The highest BCUT2D eigenvalue weighted by atomic mass is 16.5. The summed E-state index contributed by atoms with van der Waals surface area (Å²) in [6, 6.07) is 8.66. The number of benzene rings is 1. The maximum Gasteiger partial charge on any atom is 0.107 e. The number of nitrogens with zero attached hydrogens (tertiary/aromatic N) is 2. The Morgan fingerprint density at radius 1 is 1.39 bits per heavy atom. The third-order valence-electron chi connectivity index (χ3n) is 3.14. The first-order chi connectivity index (χ1) is 8.74. The van der Waals surface area contributed by atoms with Crippen LogP contribution in [0.5, 0.6) is 0 Å². The van der Waals surface area contributed by atoms with Gasteiger partial charge in [0.1, 0.15) is 5.82 Å². The molecule has 0 bridgehead atoms. The average Bonchev–Trinajstić information content (AvgIpc) is 2.70. The third kappa shape index (κ3) is 2.71. The molecule has 4 heteroatoms. The zero-order chi connectivity index (χ0) is 13.0. The van der Waals surface area contributed by atoms with Crippen LogP contribution in [0.15, 0.2) is 24.3 Å². The van der Waals surface area contributed by atoms with Crippen LogP contribution in [0.2, 0.25) is 0 Å². The van der Waals surface area contributed by atoms with Gasteiger partial charge in [0.05, 0.1) is 17.6 Å². The summed E-state index contributed by atoms with van der Waals surface area (Å²) in [5.74, 6) is 1.07. The van der Waals surface area contributed by atoms with Crippen molar-refractivity contribution in [3.05, 3.63) is 30.1 Å². The summed E-state index contributed by atoms with van der Waals surface area (Å²) >= 11 is 0. The van der Waals surface area contributed by atoms with Gasteiger partial charge in [-0.3, -0.25) is 0 Å². The van der Waals surface area contributed by atoms with Gasteiger partial charge < -0.3 is 14.6 Å². The molecule has 0 aliphatic heterocycles. The lowest BCUT2D eigenvalue weighted by Crippen LogP contribution is -2.27. The molecular formula is C14H21N3O. The van der Waals surface area contributed by atoms with E-state index in [0.29, 0.717) is 6.04 Å². The fourth-order valence-corrected chi connectivity index (χ4v) is 2.30. The van der Waals surface area contributed by atoms with Crippen LogP contribution < -0.4 is 5.32 Å². The van der Waals surface area contributed by atoms with E-state index in [9.17, 15) is 0 Å². The Balaban J connectivity index is 2.12. The molecule has 0 saturated heterocycles. The molecule has 0 fully saturated rings. The Kier molecular flexibility index (Phi) is 4.33. The van der Waals surface area contributed by atoms with Crippen molar-refractivity contribution in [2.45, 2.75) is 19.9 Å². The predicted molar refractivity (Wildman–Crippen MR) is 73.9 cm³/mol. The largest absolute Gasteiger partial charge is 0.383 e. The molecule has 4 nitrogen and oxygen atoms in total. The first kappa shape index (κ1) is 13.1. The van der Waals surface area contributed by atoms with E-state index in [1.807, 2.05) is 6.07 Å². The minimum atomic E-state index is 0.384. The Morgan fingerprint density at radius 3 is 2.94 bits per heavy atom. The number of para-hydroxylation sites is 2. The van der Waals surface area contributed by atoms with Crippen LogP contribution in [0.4, 0.5) is 0 Å². The number of ether oxygens (including phenoxy) is 1. The van der Waals surface area contributed by atoms with Gasteiger partial charge >= 0.3 is 0 Å². The van der Waals surface area contributed by atoms with Crippen LogP contribution in [-0.4, -0.2) is 36.4 Å². The Labute approximate surface area is 108 Å². The lowest BCUT2D eigenvalue weighted by molar-refractivity contribution is 0.198. The van der Waals surface area contributed by atoms with Crippen molar-refractivity contribution in [3.8, 4) is 0 Å². The van der Waals surface area contributed by atoms with E-state index in [-0.39, 0.29) is 0 Å². The van der Waals surface area contributed by atoms with Gasteiger partial charge in [0.2, 0.25) is 0 Å². The summed E-state index contributed by atoms with van der Waals surface area (Å²) in [5, 5.41) is 3.39. The lowest BCUT2D eigenvalue weighted by atomic mass is 10.2. The molecule has 2 rings (SSSR count). The maximum atomic E-state index is 5.03. The van der Waals surface area contributed by atoms with Crippen LogP contribution in [-0.2, 0) is 4.74 Å². The molecule has 0 aliphatic rings. The monoisotopic (exact) mass is 247 g/mol. The molecule has 0 amide bonds. The summed E-state index contributed by atoms with van der Waals surface area (Å²) in [6.07, 6.45) is 0. The number of hydrogen-bond donors (Lipinski definition) is 1. The number of rotatable bonds is 6. The molecule has 1 unspecified atom stereocenters. The van der Waals surface area contributed by atoms with Gasteiger partial charge in [-0.2, -0.15) is 0 Å². The van der Waals surface area contributed by atoms with E-state index < -0.39 is 0 Å². The lowest BCUT2D eigenvalue weighted by Gasteiger charge is -2.17. The summed E-state index contributed by atoms with van der Waals surface area (Å²) < 4.78 is 7.31. The van der Waals surface area contributed by atoms with E-state index in [1.165, 1.54) is 5.52 Å².